The van der Waals surface area contributed by atoms with E-state index >= 15 is 0 Å². The van der Waals surface area contributed by atoms with Crippen LogP contribution in [0.15, 0.2) is 54.7 Å². The maximum atomic E-state index is 12.5. The number of hydrogen-bond donors (Lipinski definition) is 1. The fraction of sp³-hybridized carbons (Fsp3) is 0.0667. The number of alkyl halides is 3. The lowest BCUT2D eigenvalue weighted by Crippen LogP contribution is -2.04. The van der Waals surface area contributed by atoms with Crippen molar-refractivity contribution in [2.45, 2.75) is 6.18 Å². The summed E-state index contributed by atoms with van der Waals surface area (Å²) < 4.78 is 38.8. The molecule has 0 fully saturated rings. The zero-order valence-electron chi connectivity index (χ0n) is 11.1. The Balaban J connectivity index is 1.97. The predicted octanol–water partition coefficient (Wildman–Crippen LogP) is 3.66. The van der Waals surface area contributed by atoms with E-state index in [0.717, 1.165) is 12.1 Å². The van der Waals surface area contributed by atoms with Gasteiger partial charge in [0, 0.05) is 17.8 Å². The number of benzene rings is 1. The van der Waals surface area contributed by atoms with Gasteiger partial charge >= 0.3 is 6.18 Å². The number of rotatable bonds is 2. The normalized spacial score (nSPS) is 11.6. The summed E-state index contributed by atoms with van der Waals surface area (Å²) in [6, 6.07) is 11.1. The van der Waals surface area contributed by atoms with Gasteiger partial charge in [-0.15, -0.1) is 0 Å². The highest BCUT2D eigenvalue weighted by Gasteiger charge is 2.30. The van der Waals surface area contributed by atoms with Crippen molar-refractivity contribution in [2.75, 3.05) is 0 Å². The Hall–Kier alpha value is -2.83. The van der Waals surface area contributed by atoms with Gasteiger partial charge in [0.05, 0.1) is 11.3 Å². The van der Waals surface area contributed by atoms with Crippen molar-refractivity contribution in [2.24, 2.45) is 0 Å². The zero-order valence-corrected chi connectivity index (χ0v) is 11.1. The summed E-state index contributed by atoms with van der Waals surface area (Å²) in [4.78, 5) is 4.05. The van der Waals surface area contributed by atoms with Gasteiger partial charge in [-0.05, 0) is 24.3 Å². The first-order chi connectivity index (χ1) is 10.4. The van der Waals surface area contributed by atoms with Crippen LogP contribution in [0.1, 0.15) is 5.56 Å². The van der Waals surface area contributed by atoms with Crippen LogP contribution < -0.4 is 0 Å². The maximum absolute atomic E-state index is 12.5. The summed E-state index contributed by atoms with van der Waals surface area (Å²) in [5, 5.41) is 14.1. The first-order valence-corrected chi connectivity index (χ1v) is 6.33. The molecule has 2 aromatic heterocycles. The fourth-order valence-electron chi connectivity index (χ4n) is 1.99. The number of halogens is 3. The van der Waals surface area contributed by atoms with E-state index in [-0.39, 0.29) is 5.88 Å². The van der Waals surface area contributed by atoms with Gasteiger partial charge in [-0.3, -0.25) is 0 Å². The van der Waals surface area contributed by atoms with Gasteiger partial charge < -0.3 is 5.11 Å². The number of hydrogen-bond acceptors (Lipinski definition) is 3. The van der Waals surface area contributed by atoms with Crippen molar-refractivity contribution in [3.05, 3.63) is 60.3 Å². The highest BCUT2D eigenvalue weighted by atomic mass is 19.4. The molecule has 4 nitrogen and oxygen atoms in total. The largest absolute Gasteiger partial charge is 0.493 e. The average molecular weight is 305 g/mol. The van der Waals surface area contributed by atoms with E-state index in [1.807, 2.05) is 0 Å². The van der Waals surface area contributed by atoms with E-state index in [1.165, 1.54) is 22.9 Å². The summed E-state index contributed by atoms with van der Waals surface area (Å²) in [5.41, 5.74) is 0.0967. The highest BCUT2D eigenvalue weighted by Crippen LogP contribution is 2.31. The third-order valence-corrected chi connectivity index (χ3v) is 3.06. The molecule has 22 heavy (non-hydrogen) atoms. The predicted molar refractivity (Wildman–Crippen MR) is 73.5 cm³/mol. The number of pyridine rings is 1. The molecule has 3 rings (SSSR count). The van der Waals surface area contributed by atoms with Crippen LogP contribution >= 0.6 is 0 Å². The Morgan fingerprint density at radius 3 is 2.32 bits per heavy atom. The van der Waals surface area contributed by atoms with E-state index in [9.17, 15) is 18.3 Å². The lowest BCUT2D eigenvalue weighted by molar-refractivity contribution is -0.137. The molecular formula is C15H10F3N3O. The first kappa shape index (κ1) is 14.1. The van der Waals surface area contributed by atoms with E-state index in [0.29, 0.717) is 17.1 Å². The van der Waals surface area contributed by atoms with Crippen LogP contribution in [0.25, 0.3) is 17.1 Å². The molecule has 0 amide bonds. The molecule has 0 aliphatic carbocycles. The minimum Gasteiger partial charge on any atom is -0.493 e. The molecule has 0 unspecified atom stereocenters. The topological polar surface area (TPSA) is 50.9 Å². The maximum Gasteiger partial charge on any atom is 0.416 e. The molecule has 3 aromatic rings. The van der Waals surface area contributed by atoms with Crippen molar-refractivity contribution in [1.29, 1.82) is 0 Å². The number of aromatic nitrogens is 3. The molecular weight excluding hydrogens is 295 g/mol. The third-order valence-electron chi connectivity index (χ3n) is 3.06. The molecule has 0 saturated carbocycles. The van der Waals surface area contributed by atoms with Gasteiger partial charge in [-0.2, -0.15) is 23.0 Å². The van der Waals surface area contributed by atoms with Crippen LogP contribution in [0.4, 0.5) is 13.2 Å². The Morgan fingerprint density at radius 1 is 1.00 bits per heavy atom. The SMILES string of the molecule is Oc1cc(-c2ccc(C(F)(F)F)cc2)nn1-c1ccccn1. The zero-order chi connectivity index (χ0) is 15.7. The highest BCUT2D eigenvalue weighted by molar-refractivity contribution is 5.61. The van der Waals surface area contributed by atoms with Gasteiger partial charge in [0.1, 0.15) is 0 Å². The van der Waals surface area contributed by atoms with Crippen LogP contribution in [0.2, 0.25) is 0 Å². The van der Waals surface area contributed by atoms with Crippen molar-refractivity contribution in [1.82, 2.24) is 14.8 Å². The molecule has 7 heteroatoms. The second-order valence-corrected chi connectivity index (χ2v) is 4.56. The molecule has 0 bridgehead atoms. The molecule has 0 spiro atoms. The van der Waals surface area contributed by atoms with E-state index in [2.05, 4.69) is 10.1 Å². The van der Waals surface area contributed by atoms with Gasteiger partial charge in [0.2, 0.25) is 5.88 Å². The van der Waals surface area contributed by atoms with E-state index in [4.69, 9.17) is 0 Å². The Labute approximate surface area is 123 Å². The Kier molecular flexibility index (Phi) is 3.32. The first-order valence-electron chi connectivity index (χ1n) is 6.33. The molecule has 0 saturated heterocycles. The van der Waals surface area contributed by atoms with Crippen LogP contribution in [0.3, 0.4) is 0 Å². The summed E-state index contributed by atoms with van der Waals surface area (Å²) >= 11 is 0. The molecule has 0 aliphatic heterocycles. The second-order valence-electron chi connectivity index (χ2n) is 4.56. The summed E-state index contributed by atoms with van der Waals surface area (Å²) in [6.45, 7) is 0. The number of aromatic hydroxyl groups is 1. The molecule has 0 radical (unpaired) electrons. The molecule has 1 N–H and O–H groups in total. The van der Waals surface area contributed by atoms with E-state index < -0.39 is 11.7 Å². The average Bonchev–Trinajstić information content (AvgIpc) is 2.89. The van der Waals surface area contributed by atoms with Gasteiger partial charge in [-0.1, -0.05) is 18.2 Å². The van der Waals surface area contributed by atoms with Gasteiger partial charge in [-0.25, -0.2) is 4.98 Å². The molecule has 1 aromatic carbocycles. The fourth-order valence-corrected chi connectivity index (χ4v) is 1.99. The summed E-state index contributed by atoms with van der Waals surface area (Å²) in [5.74, 6) is 0.270. The second kappa shape index (κ2) is 5.18. The lowest BCUT2D eigenvalue weighted by atomic mass is 10.1. The standard InChI is InChI=1S/C15H10F3N3O/c16-15(17,18)11-6-4-10(5-7-11)12-9-14(22)21(20-12)13-3-1-2-8-19-13/h1-9,22H. The minimum absolute atomic E-state index is 0.145. The van der Waals surface area contributed by atoms with Gasteiger partial charge in [0.25, 0.3) is 0 Å². The molecule has 0 atom stereocenters. The third kappa shape index (κ3) is 2.65. The van der Waals surface area contributed by atoms with Crippen molar-refractivity contribution in [3.8, 4) is 23.0 Å². The Morgan fingerprint density at radius 2 is 1.73 bits per heavy atom. The number of nitrogens with zero attached hydrogens (tertiary/aromatic N) is 3. The van der Waals surface area contributed by atoms with Crippen LogP contribution in [0.5, 0.6) is 5.88 Å². The smallest absolute Gasteiger partial charge is 0.416 e. The van der Waals surface area contributed by atoms with Crippen LogP contribution in [-0.2, 0) is 6.18 Å². The minimum atomic E-state index is -4.38. The summed E-state index contributed by atoms with van der Waals surface area (Å²) in [7, 11) is 0. The summed E-state index contributed by atoms with van der Waals surface area (Å²) in [6.07, 6.45) is -2.83. The quantitative estimate of drug-likeness (QED) is 0.786. The van der Waals surface area contributed by atoms with Crippen molar-refractivity contribution < 1.29 is 18.3 Å². The van der Waals surface area contributed by atoms with Crippen molar-refractivity contribution in [3.63, 3.8) is 0 Å². The van der Waals surface area contributed by atoms with Crippen LogP contribution in [-0.4, -0.2) is 19.9 Å². The molecule has 0 aliphatic rings. The lowest BCUT2D eigenvalue weighted by Gasteiger charge is -2.06. The van der Waals surface area contributed by atoms with E-state index in [1.54, 1.807) is 24.4 Å². The Bertz CT molecular complexity index is 780. The van der Waals surface area contributed by atoms with Gasteiger partial charge in [0.15, 0.2) is 5.82 Å². The van der Waals surface area contributed by atoms with Crippen molar-refractivity contribution >= 4 is 0 Å². The van der Waals surface area contributed by atoms with Crippen LogP contribution in [0, 0.1) is 0 Å². The molecule has 2 heterocycles. The molecule has 112 valence electrons. The monoisotopic (exact) mass is 305 g/mol.